The van der Waals surface area contributed by atoms with Crippen molar-refractivity contribution in [3.05, 3.63) is 95.2 Å². The van der Waals surface area contributed by atoms with Crippen LogP contribution >= 0.6 is 0 Å². The number of esters is 1. The summed E-state index contributed by atoms with van der Waals surface area (Å²) in [4.78, 5) is 66.5. The molecule has 2 aromatic rings. The molecule has 1 fully saturated rings. The second-order valence-electron chi connectivity index (χ2n) is 7.80. The summed E-state index contributed by atoms with van der Waals surface area (Å²) in [6.07, 6.45) is 4.26. The van der Waals surface area contributed by atoms with Crippen LogP contribution in [0.5, 0.6) is 0 Å². The lowest BCUT2D eigenvalue weighted by Crippen LogP contribution is -2.76. The molecule has 5 rings (SSSR count). The van der Waals surface area contributed by atoms with Gasteiger partial charge in [-0.05, 0) is 43.3 Å². The molecule has 0 saturated carbocycles. The van der Waals surface area contributed by atoms with Gasteiger partial charge in [-0.25, -0.2) is 14.8 Å². The van der Waals surface area contributed by atoms with Gasteiger partial charge in [-0.1, -0.05) is 30.3 Å². The van der Waals surface area contributed by atoms with Gasteiger partial charge in [0.1, 0.15) is 12.1 Å². The lowest BCUT2D eigenvalue weighted by Gasteiger charge is -2.51. The van der Waals surface area contributed by atoms with E-state index in [0.29, 0.717) is 5.56 Å². The van der Waals surface area contributed by atoms with Crippen LogP contribution in [0.4, 0.5) is 0 Å². The maximum absolute atomic E-state index is 13.4. The van der Waals surface area contributed by atoms with Crippen LogP contribution < -0.4 is 0 Å². The maximum Gasteiger partial charge on any atom is 0.336 e. The van der Waals surface area contributed by atoms with Crippen LogP contribution in [0.25, 0.3) is 0 Å². The van der Waals surface area contributed by atoms with Gasteiger partial charge in [0.25, 0.3) is 23.6 Å². The Morgan fingerprint density at radius 1 is 0.882 bits per heavy atom. The molecule has 2 aromatic carbocycles. The summed E-state index contributed by atoms with van der Waals surface area (Å²) in [5.74, 6) is -3.12. The minimum Gasteiger partial charge on any atom is -0.463 e. The van der Waals surface area contributed by atoms with Gasteiger partial charge in [-0.2, -0.15) is 0 Å². The molecule has 2 atom stereocenters. The predicted octanol–water partition coefficient (Wildman–Crippen LogP) is 1.94. The highest BCUT2D eigenvalue weighted by molar-refractivity contribution is 6.23. The number of allylic oxidation sites excluding steroid dienone is 2. The topological polar surface area (TPSA) is 104 Å². The zero-order chi connectivity index (χ0) is 24.0. The zero-order valence-electron chi connectivity index (χ0n) is 18.1. The fourth-order valence-corrected chi connectivity index (χ4v) is 4.39. The van der Waals surface area contributed by atoms with Crippen molar-refractivity contribution in [2.45, 2.75) is 19.0 Å². The summed E-state index contributed by atoms with van der Waals surface area (Å²) >= 11 is 0. The van der Waals surface area contributed by atoms with E-state index in [0.717, 1.165) is 14.9 Å². The highest BCUT2D eigenvalue weighted by Crippen LogP contribution is 2.38. The first-order chi connectivity index (χ1) is 16.5. The molecular formula is C25H19N3O6. The van der Waals surface area contributed by atoms with Gasteiger partial charge in [-0.3, -0.25) is 24.1 Å². The third-order valence-corrected chi connectivity index (χ3v) is 5.94. The van der Waals surface area contributed by atoms with Gasteiger partial charge in [0.2, 0.25) is 0 Å². The van der Waals surface area contributed by atoms with Gasteiger partial charge >= 0.3 is 5.97 Å². The number of amides is 4. The van der Waals surface area contributed by atoms with E-state index in [-0.39, 0.29) is 23.3 Å². The summed E-state index contributed by atoms with van der Waals surface area (Å²) in [5.41, 5.74) is 0.749. The fraction of sp³-hybridized carbons (Fsp3) is 0.160. The Bertz CT molecular complexity index is 1260. The first-order valence-electron chi connectivity index (χ1n) is 10.7. The molecular weight excluding hydrogens is 438 g/mol. The van der Waals surface area contributed by atoms with Crippen molar-refractivity contribution < 1.29 is 28.7 Å². The third-order valence-electron chi connectivity index (χ3n) is 5.94. The number of ether oxygens (including phenoxy) is 1. The number of imide groups is 1. The molecule has 0 aromatic heterocycles. The third kappa shape index (κ3) is 3.05. The molecule has 9 heteroatoms. The number of hydrazine groups is 1. The van der Waals surface area contributed by atoms with Crippen molar-refractivity contribution in [1.29, 1.82) is 0 Å². The van der Waals surface area contributed by atoms with E-state index in [2.05, 4.69) is 0 Å². The number of hydrogen-bond donors (Lipinski definition) is 0. The lowest BCUT2D eigenvalue weighted by atomic mass is 9.88. The van der Waals surface area contributed by atoms with Crippen LogP contribution in [0.3, 0.4) is 0 Å². The molecule has 3 heterocycles. The smallest absolute Gasteiger partial charge is 0.336 e. The van der Waals surface area contributed by atoms with E-state index in [9.17, 15) is 24.0 Å². The molecule has 0 bridgehead atoms. The molecule has 1 unspecified atom stereocenters. The largest absolute Gasteiger partial charge is 0.463 e. The van der Waals surface area contributed by atoms with Crippen molar-refractivity contribution in [3.63, 3.8) is 0 Å². The maximum atomic E-state index is 13.4. The molecule has 0 N–H and O–H groups in total. The molecule has 0 spiro atoms. The highest BCUT2D eigenvalue weighted by Gasteiger charge is 2.61. The summed E-state index contributed by atoms with van der Waals surface area (Å²) in [6, 6.07) is 12.2. The Kier molecular flexibility index (Phi) is 5.09. The number of carbonyl (C=O) groups excluding carboxylic acids is 5. The van der Waals surface area contributed by atoms with Gasteiger partial charge in [0.05, 0.1) is 23.3 Å². The molecule has 3 aliphatic rings. The van der Waals surface area contributed by atoms with E-state index in [1.54, 1.807) is 49.4 Å². The van der Waals surface area contributed by atoms with E-state index in [1.165, 1.54) is 30.5 Å². The SMILES string of the molecule is CCOC(=O)C1=CC=CN(C(=O)c2ccccc2)N2C(=O)[C@H](N3C(=O)c4ccccc4C3=O)C12. The summed E-state index contributed by atoms with van der Waals surface area (Å²) in [7, 11) is 0. The quantitative estimate of drug-likeness (QED) is 0.395. The number of carbonyl (C=O) groups is 5. The standard InChI is InChI=1S/C25H19N3O6/c1-2-34-25(33)18-13-8-14-26(21(29)15-9-4-3-5-10-15)28-19(18)20(24(28)32)27-22(30)16-11-6-7-12-17(16)23(27)31/h3-14,19-20H,2H2,1H3/t19?,20-/m1/s1. The Labute approximate surface area is 194 Å². The minimum atomic E-state index is -1.30. The number of hydrogen-bond acceptors (Lipinski definition) is 6. The van der Waals surface area contributed by atoms with Crippen LogP contribution in [-0.4, -0.2) is 63.2 Å². The Balaban J connectivity index is 1.55. The monoisotopic (exact) mass is 457 g/mol. The minimum absolute atomic E-state index is 0.0580. The molecule has 4 amide bonds. The van der Waals surface area contributed by atoms with E-state index < -0.39 is 41.7 Å². The summed E-state index contributed by atoms with van der Waals surface area (Å²) in [5, 5.41) is 2.19. The number of rotatable bonds is 4. The second kappa shape index (κ2) is 8.11. The van der Waals surface area contributed by atoms with Crippen LogP contribution in [0.2, 0.25) is 0 Å². The van der Waals surface area contributed by atoms with Crippen molar-refractivity contribution >= 4 is 29.6 Å². The van der Waals surface area contributed by atoms with E-state index in [1.807, 2.05) is 0 Å². The van der Waals surface area contributed by atoms with E-state index in [4.69, 9.17) is 4.74 Å². The van der Waals surface area contributed by atoms with E-state index >= 15 is 0 Å². The highest BCUT2D eigenvalue weighted by atomic mass is 16.5. The molecule has 34 heavy (non-hydrogen) atoms. The molecule has 0 radical (unpaired) electrons. The number of benzene rings is 2. The first-order valence-corrected chi connectivity index (χ1v) is 10.7. The average molecular weight is 457 g/mol. The summed E-state index contributed by atoms with van der Waals surface area (Å²) < 4.78 is 5.16. The van der Waals surface area contributed by atoms with Crippen LogP contribution in [-0.2, 0) is 14.3 Å². The van der Waals surface area contributed by atoms with Gasteiger partial charge in [-0.15, -0.1) is 0 Å². The summed E-state index contributed by atoms with van der Waals surface area (Å²) in [6.45, 7) is 1.73. The van der Waals surface area contributed by atoms with Gasteiger partial charge in [0, 0.05) is 11.8 Å². The van der Waals surface area contributed by atoms with Crippen molar-refractivity contribution in [1.82, 2.24) is 14.9 Å². The Morgan fingerprint density at radius 3 is 2.12 bits per heavy atom. The fourth-order valence-electron chi connectivity index (χ4n) is 4.39. The Morgan fingerprint density at radius 2 is 1.50 bits per heavy atom. The van der Waals surface area contributed by atoms with Gasteiger partial charge < -0.3 is 4.74 Å². The lowest BCUT2D eigenvalue weighted by molar-refractivity contribution is -0.173. The number of fused-ring (bicyclic) bond motifs is 2. The Hall–Kier alpha value is -4.53. The molecule has 0 aliphatic carbocycles. The van der Waals surface area contributed by atoms with Crippen LogP contribution in [0.1, 0.15) is 38.0 Å². The number of nitrogens with zero attached hydrogens (tertiary/aromatic N) is 3. The predicted molar refractivity (Wildman–Crippen MR) is 118 cm³/mol. The number of β-lactam (4-membered cyclic amide) rings is 1. The molecule has 170 valence electrons. The normalized spacial score (nSPS) is 20.9. The average Bonchev–Trinajstić information content (AvgIpc) is 3.00. The second-order valence-corrected chi connectivity index (χ2v) is 7.80. The first kappa shape index (κ1) is 21.3. The molecule has 1 saturated heterocycles. The molecule has 9 nitrogen and oxygen atoms in total. The van der Waals surface area contributed by atoms with Crippen molar-refractivity contribution in [2.75, 3.05) is 6.61 Å². The zero-order valence-corrected chi connectivity index (χ0v) is 18.1. The van der Waals surface area contributed by atoms with Crippen LogP contribution in [0, 0.1) is 0 Å². The van der Waals surface area contributed by atoms with Crippen molar-refractivity contribution in [2.24, 2.45) is 0 Å². The van der Waals surface area contributed by atoms with Gasteiger partial charge in [0.15, 0.2) is 0 Å². The molecule has 3 aliphatic heterocycles. The van der Waals surface area contributed by atoms with Crippen LogP contribution in [0.15, 0.2) is 78.5 Å². The van der Waals surface area contributed by atoms with Crippen molar-refractivity contribution in [3.8, 4) is 0 Å².